The summed E-state index contributed by atoms with van der Waals surface area (Å²) in [4.78, 5) is 0. The summed E-state index contributed by atoms with van der Waals surface area (Å²) in [7, 11) is 0. The molecule has 16 heavy (non-hydrogen) atoms. The van der Waals surface area contributed by atoms with Crippen molar-refractivity contribution in [3.05, 3.63) is 34.9 Å². The molecule has 0 spiro atoms. The van der Waals surface area contributed by atoms with Crippen molar-refractivity contribution in [1.82, 2.24) is 5.32 Å². The molecule has 84 valence electrons. The van der Waals surface area contributed by atoms with E-state index in [1.807, 2.05) is 13.8 Å². The molecule has 2 rings (SSSR count). The Morgan fingerprint density at radius 1 is 1.31 bits per heavy atom. The Morgan fingerprint density at radius 2 is 2.06 bits per heavy atom. The lowest BCUT2D eigenvalue weighted by molar-refractivity contribution is 0.491. The van der Waals surface area contributed by atoms with Gasteiger partial charge in [0.15, 0.2) is 0 Å². The molecule has 0 aliphatic heterocycles. The normalized spacial score (nSPS) is 14.6. The maximum atomic E-state index is 5.45. The maximum absolute atomic E-state index is 5.45. The molecule has 1 aromatic rings. The summed E-state index contributed by atoms with van der Waals surface area (Å²) in [6.07, 6.45) is 9.24. The van der Waals surface area contributed by atoms with Gasteiger partial charge < -0.3 is 0 Å². The van der Waals surface area contributed by atoms with Gasteiger partial charge >= 0.3 is 0 Å². The average Bonchev–Trinajstić information content (AvgIpc) is 2.73. The average molecular weight is 213 g/mol. The Balaban J connectivity index is 2.04. The van der Waals surface area contributed by atoms with Gasteiger partial charge in [-0.1, -0.05) is 24.1 Å². The highest BCUT2D eigenvalue weighted by molar-refractivity contribution is 5.35. The lowest BCUT2D eigenvalue weighted by Gasteiger charge is -2.19. The second kappa shape index (κ2) is 4.31. The maximum Gasteiger partial charge on any atom is 0.0743 e. The first-order valence-electron chi connectivity index (χ1n) is 5.94. The molecule has 0 amide bonds. The Labute approximate surface area is 98.3 Å². The summed E-state index contributed by atoms with van der Waals surface area (Å²) in [6, 6.07) is 6.80. The van der Waals surface area contributed by atoms with Crippen molar-refractivity contribution in [3.8, 4) is 12.3 Å². The molecule has 1 aromatic carbocycles. The third-order valence-corrected chi connectivity index (χ3v) is 3.26. The van der Waals surface area contributed by atoms with Crippen molar-refractivity contribution in [2.75, 3.05) is 0 Å². The topological polar surface area (TPSA) is 12.0 Å². The molecular formula is C15H19N. The van der Waals surface area contributed by atoms with Gasteiger partial charge in [0.25, 0.3) is 0 Å². The minimum absolute atomic E-state index is 0.223. The van der Waals surface area contributed by atoms with E-state index >= 15 is 0 Å². The Hall–Kier alpha value is -1.26. The Kier molecular flexibility index (Phi) is 3.03. The zero-order valence-corrected chi connectivity index (χ0v) is 10.1. The third-order valence-electron chi connectivity index (χ3n) is 3.26. The van der Waals surface area contributed by atoms with E-state index in [1.165, 1.54) is 36.0 Å². The summed E-state index contributed by atoms with van der Waals surface area (Å²) < 4.78 is 0. The smallest absolute Gasteiger partial charge is 0.0743 e. The molecule has 0 bridgehead atoms. The molecule has 0 fully saturated rings. The highest BCUT2D eigenvalue weighted by Gasteiger charge is 2.14. The van der Waals surface area contributed by atoms with E-state index in [9.17, 15) is 0 Å². The molecular weight excluding hydrogens is 194 g/mol. The summed E-state index contributed by atoms with van der Waals surface area (Å²) in [5.41, 5.74) is 4.17. The standard InChI is InChI=1S/C15H19N/c1-4-15(2,3)16-11-12-8-9-13-6-5-7-14(13)10-12/h1,8-10,16H,5-7,11H2,2-3H3. The molecule has 0 heterocycles. The van der Waals surface area contributed by atoms with Gasteiger partial charge in [0.05, 0.1) is 5.54 Å². The summed E-state index contributed by atoms with van der Waals surface area (Å²) in [5, 5.41) is 3.38. The number of benzene rings is 1. The van der Waals surface area contributed by atoms with Crippen LogP contribution >= 0.6 is 0 Å². The number of hydrogen-bond acceptors (Lipinski definition) is 1. The van der Waals surface area contributed by atoms with E-state index in [4.69, 9.17) is 6.42 Å². The van der Waals surface area contributed by atoms with Gasteiger partial charge in [0.2, 0.25) is 0 Å². The first kappa shape index (κ1) is 11.2. The van der Waals surface area contributed by atoms with Gasteiger partial charge in [0, 0.05) is 6.54 Å². The van der Waals surface area contributed by atoms with E-state index in [1.54, 1.807) is 0 Å². The van der Waals surface area contributed by atoms with Crippen LogP contribution in [0.2, 0.25) is 0 Å². The molecule has 0 aromatic heterocycles. The SMILES string of the molecule is C#CC(C)(C)NCc1ccc2c(c1)CCC2. The number of rotatable bonds is 3. The fraction of sp³-hybridized carbons (Fsp3) is 0.467. The zero-order valence-electron chi connectivity index (χ0n) is 10.1. The number of hydrogen-bond donors (Lipinski definition) is 1. The number of fused-ring (bicyclic) bond motifs is 1. The van der Waals surface area contributed by atoms with Crippen LogP contribution in [-0.2, 0) is 19.4 Å². The zero-order chi connectivity index (χ0) is 11.6. The quantitative estimate of drug-likeness (QED) is 0.761. The van der Waals surface area contributed by atoms with Crippen LogP contribution in [0.15, 0.2) is 18.2 Å². The second-order valence-electron chi connectivity index (χ2n) is 5.08. The van der Waals surface area contributed by atoms with Crippen LogP contribution in [0.5, 0.6) is 0 Å². The Morgan fingerprint density at radius 3 is 2.81 bits per heavy atom. The summed E-state index contributed by atoms with van der Waals surface area (Å²) >= 11 is 0. The second-order valence-corrected chi connectivity index (χ2v) is 5.08. The molecule has 1 nitrogen and oxygen atoms in total. The van der Waals surface area contributed by atoms with Gasteiger partial charge in [-0.2, -0.15) is 0 Å². The highest BCUT2D eigenvalue weighted by Crippen LogP contribution is 2.22. The lowest BCUT2D eigenvalue weighted by atomic mass is 10.0. The van der Waals surface area contributed by atoms with Gasteiger partial charge in [-0.15, -0.1) is 6.42 Å². The predicted octanol–water partition coefficient (Wildman–Crippen LogP) is 2.68. The van der Waals surface area contributed by atoms with Gasteiger partial charge in [-0.25, -0.2) is 0 Å². The number of aryl methyl sites for hydroxylation is 2. The van der Waals surface area contributed by atoms with Gasteiger partial charge in [-0.05, 0) is 49.8 Å². The van der Waals surface area contributed by atoms with Crippen molar-refractivity contribution < 1.29 is 0 Å². The van der Waals surface area contributed by atoms with Crippen LogP contribution in [0, 0.1) is 12.3 Å². The van der Waals surface area contributed by atoms with Crippen LogP contribution < -0.4 is 5.32 Å². The van der Waals surface area contributed by atoms with Crippen molar-refractivity contribution in [1.29, 1.82) is 0 Å². The molecule has 1 aliphatic rings. The molecule has 1 aliphatic carbocycles. The van der Waals surface area contributed by atoms with Crippen LogP contribution in [0.1, 0.15) is 37.0 Å². The Bertz CT molecular complexity index is 424. The largest absolute Gasteiger partial charge is 0.298 e. The molecule has 0 radical (unpaired) electrons. The number of terminal acetylenes is 1. The minimum atomic E-state index is -0.223. The van der Waals surface area contributed by atoms with Crippen LogP contribution in [0.4, 0.5) is 0 Å². The van der Waals surface area contributed by atoms with Crippen molar-refractivity contribution in [2.45, 2.75) is 45.2 Å². The molecule has 0 unspecified atom stereocenters. The first-order valence-corrected chi connectivity index (χ1v) is 5.94. The van der Waals surface area contributed by atoms with E-state index in [2.05, 4.69) is 29.4 Å². The van der Waals surface area contributed by atoms with E-state index in [0.717, 1.165) is 6.54 Å². The molecule has 1 N–H and O–H groups in total. The summed E-state index contributed by atoms with van der Waals surface area (Å²) in [5.74, 6) is 2.75. The van der Waals surface area contributed by atoms with E-state index < -0.39 is 0 Å². The predicted molar refractivity (Wildman–Crippen MR) is 68.2 cm³/mol. The van der Waals surface area contributed by atoms with E-state index in [-0.39, 0.29) is 5.54 Å². The molecule has 0 saturated carbocycles. The monoisotopic (exact) mass is 213 g/mol. The first-order chi connectivity index (χ1) is 7.61. The van der Waals surface area contributed by atoms with Crippen LogP contribution in [-0.4, -0.2) is 5.54 Å². The van der Waals surface area contributed by atoms with Gasteiger partial charge in [-0.3, -0.25) is 5.32 Å². The van der Waals surface area contributed by atoms with Gasteiger partial charge in [0.1, 0.15) is 0 Å². The van der Waals surface area contributed by atoms with Crippen LogP contribution in [0.3, 0.4) is 0 Å². The van der Waals surface area contributed by atoms with Crippen molar-refractivity contribution in [3.63, 3.8) is 0 Å². The minimum Gasteiger partial charge on any atom is -0.298 e. The summed E-state index contributed by atoms with van der Waals surface area (Å²) in [6.45, 7) is 4.91. The molecule has 0 atom stereocenters. The van der Waals surface area contributed by atoms with Crippen molar-refractivity contribution >= 4 is 0 Å². The highest BCUT2D eigenvalue weighted by atomic mass is 14.9. The fourth-order valence-electron chi connectivity index (χ4n) is 2.11. The van der Waals surface area contributed by atoms with E-state index in [0.29, 0.717) is 0 Å². The lowest BCUT2D eigenvalue weighted by Crippen LogP contribution is -2.36. The third kappa shape index (κ3) is 2.46. The molecule has 1 heteroatoms. The molecule has 0 saturated heterocycles. The van der Waals surface area contributed by atoms with Crippen LogP contribution in [0.25, 0.3) is 0 Å². The fourth-order valence-corrected chi connectivity index (χ4v) is 2.11. The van der Waals surface area contributed by atoms with Crippen molar-refractivity contribution in [2.24, 2.45) is 0 Å². The number of nitrogens with one attached hydrogen (secondary N) is 1.